The molecule has 18 heavy (non-hydrogen) atoms. The molecule has 2 aliphatic rings. The topological polar surface area (TPSA) is 75.3 Å². The van der Waals surface area contributed by atoms with Gasteiger partial charge in [-0.05, 0) is 32.2 Å². The van der Waals surface area contributed by atoms with E-state index in [-0.39, 0.29) is 17.8 Å². The molecule has 2 fully saturated rings. The van der Waals surface area contributed by atoms with Crippen molar-refractivity contribution in [2.45, 2.75) is 44.2 Å². The van der Waals surface area contributed by atoms with Crippen LogP contribution in [-0.2, 0) is 20.8 Å². The van der Waals surface area contributed by atoms with E-state index in [1.165, 1.54) is 0 Å². The molecule has 0 spiro atoms. The quantitative estimate of drug-likeness (QED) is 0.763. The second-order valence-electron chi connectivity index (χ2n) is 5.17. The second kappa shape index (κ2) is 6.45. The van der Waals surface area contributed by atoms with Crippen LogP contribution in [-0.4, -0.2) is 48.5 Å². The largest absolute Gasteiger partial charge is 0.313 e. The summed E-state index contributed by atoms with van der Waals surface area (Å²) in [6, 6.07) is 0.0743. The second-order valence-corrected chi connectivity index (χ2v) is 8.66. The molecule has 0 radical (unpaired) electrons. The minimum atomic E-state index is -3.21. The van der Waals surface area contributed by atoms with Crippen molar-refractivity contribution in [1.82, 2.24) is 10.0 Å². The molecule has 2 heterocycles. The molecule has 2 rings (SSSR count). The molecule has 2 N–H and O–H groups in total. The van der Waals surface area contributed by atoms with Crippen LogP contribution in [0.15, 0.2) is 0 Å². The molecule has 7 heteroatoms. The molecule has 2 saturated heterocycles. The van der Waals surface area contributed by atoms with Crippen molar-refractivity contribution in [3.05, 3.63) is 0 Å². The molecule has 0 aromatic heterocycles. The summed E-state index contributed by atoms with van der Waals surface area (Å²) < 4.78 is 38.0. The van der Waals surface area contributed by atoms with E-state index in [2.05, 4.69) is 10.0 Å². The number of nitrogens with one attached hydrogen (secondary N) is 2. The fourth-order valence-corrected chi connectivity index (χ4v) is 5.50. The van der Waals surface area contributed by atoms with Gasteiger partial charge >= 0.3 is 0 Å². The van der Waals surface area contributed by atoms with E-state index in [1.807, 2.05) is 0 Å². The summed E-state index contributed by atoms with van der Waals surface area (Å²) in [7, 11) is -3.95. The number of rotatable bonds is 4. The van der Waals surface area contributed by atoms with Gasteiger partial charge in [0, 0.05) is 34.4 Å². The SMILES string of the molecule is O=S1CCC(NS(=O)(=O)CC2CCCCN2)CC1. The maximum atomic E-state index is 12.0. The van der Waals surface area contributed by atoms with Crippen LogP contribution in [0.5, 0.6) is 0 Å². The number of sulfonamides is 1. The lowest BCUT2D eigenvalue weighted by atomic mass is 10.1. The number of hydrogen-bond acceptors (Lipinski definition) is 4. The monoisotopic (exact) mass is 294 g/mol. The molecule has 0 saturated carbocycles. The van der Waals surface area contributed by atoms with E-state index in [4.69, 9.17) is 0 Å². The van der Waals surface area contributed by atoms with E-state index < -0.39 is 20.8 Å². The normalized spacial score (nSPS) is 34.3. The van der Waals surface area contributed by atoms with Crippen molar-refractivity contribution < 1.29 is 12.6 Å². The molecular weight excluding hydrogens is 272 g/mol. The minimum absolute atomic E-state index is 0.0173. The summed E-state index contributed by atoms with van der Waals surface area (Å²) in [5.74, 6) is 1.41. The third-order valence-electron chi connectivity index (χ3n) is 3.57. The molecular formula is C11H22N2O3S2. The first-order valence-electron chi connectivity index (χ1n) is 6.63. The first-order chi connectivity index (χ1) is 8.55. The zero-order chi connectivity index (χ0) is 13.0. The third-order valence-corrected chi connectivity index (χ3v) is 6.48. The van der Waals surface area contributed by atoms with Gasteiger partial charge in [0.2, 0.25) is 10.0 Å². The van der Waals surface area contributed by atoms with Crippen LogP contribution in [0.4, 0.5) is 0 Å². The molecule has 0 aliphatic carbocycles. The van der Waals surface area contributed by atoms with Crippen LogP contribution < -0.4 is 10.0 Å². The smallest absolute Gasteiger partial charge is 0.213 e. The Hall–Kier alpha value is 0.0200. The van der Waals surface area contributed by atoms with Gasteiger partial charge in [-0.3, -0.25) is 4.21 Å². The van der Waals surface area contributed by atoms with Crippen LogP contribution in [0, 0.1) is 0 Å². The molecule has 0 bridgehead atoms. The molecule has 0 aromatic carbocycles. The van der Waals surface area contributed by atoms with Gasteiger partial charge < -0.3 is 5.32 Å². The Morgan fingerprint density at radius 2 is 1.89 bits per heavy atom. The van der Waals surface area contributed by atoms with Gasteiger partial charge in [-0.1, -0.05) is 6.42 Å². The number of piperidine rings is 1. The Balaban J connectivity index is 1.81. The summed E-state index contributed by atoms with van der Waals surface area (Å²) >= 11 is 0. The molecule has 2 aliphatic heterocycles. The highest BCUT2D eigenvalue weighted by Crippen LogP contribution is 2.12. The van der Waals surface area contributed by atoms with Crippen molar-refractivity contribution in [2.75, 3.05) is 23.8 Å². The summed E-state index contributed by atoms with van der Waals surface area (Å²) in [5.41, 5.74) is 0. The van der Waals surface area contributed by atoms with Crippen LogP contribution in [0.3, 0.4) is 0 Å². The first-order valence-corrected chi connectivity index (χ1v) is 9.77. The lowest BCUT2D eigenvalue weighted by Gasteiger charge is -2.26. The Morgan fingerprint density at radius 1 is 1.17 bits per heavy atom. The van der Waals surface area contributed by atoms with E-state index in [1.54, 1.807) is 0 Å². The highest BCUT2D eigenvalue weighted by Gasteiger charge is 2.25. The van der Waals surface area contributed by atoms with Crippen molar-refractivity contribution >= 4 is 20.8 Å². The molecule has 106 valence electrons. The Labute approximate surface area is 112 Å². The van der Waals surface area contributed by atoms with Crippen LogP contribution in [0.25, 0.3) is 0 Å². The maximum Gasteiger partial charge on any atom is 0.213 e. The predicted molar refractivity (Wildman–Crippen MR) is 73.5 cm³/mol. The van der Waals surface area contributed by atoms with Crippen molar-refractivity contribution in [1.29, 1.82) is 0 Å². The zero-order valence-corrected chi connectivity index (χ0v) is 12.2. The Bertz CT molecular complexity index is 381. The molecule has 0 amide bonds. The predicted octanol–water partition coefficient (Wildman–Crippen LogP) is -0.0410. The maximum absolute atomic E-state index is 12.0. The van der Waals surface area contributed by atoms with Gasteiger partial charge in [0.05, 0.1) is 5.75 Å². The fourth-order valence-electron chi connectivity index (χ4n) is 2.54. The first kappa shape index (κ1) is 14.4. The van der Waals surface area contributed by atoms with Gasteiger partial charge in [0.15, 0.2) is 0 Å². The minimum Gasteiger partial charge on any atom is -0.313 e. The van der Waals surface area contributed by atoms with Crippen LogP contribution in [0.2, 0.25) is 0 Å². The fraction of sp³-hybridized carbons (Fsp3) is 1.00. The summed E-state index contributed by atoms with van der Waals surface area (Å²) in [4.78, 5) is 0. The van der Waals surface area contributed by atoms with Crippen molar-refractivity contribution in [2.24, 2.45) is 0 Å². The molecule has 1 atom stereocenters. The lowest BCUT2D eigenvalue weighted by molar-refractivity contribution is 0.420. The zero-order valence-electron chi connectivity index (χ0n) is 10.6. The van der Waals surface area contributed by atoms with Crippen LogP contribution in [0.1, 0.15) is 32.1 Å². The lowest BCUT2D eigenvalue weighted by Crippen LogP contribution is -2.46. The highest BCUT2D eigenvalue weighted by atomic mass is 32.2. The Kier molecular flexibility index (Phi) is 5.17. The standard InChI is InChI=1S/C11H22N2O3S2/c14-17-7-4-10(5-8-17)13-18(15,16)9-11-3-1-2-6-12-11/h10-13H,1-9H2. The van der Waals surface area contributed by atoms with E-state index >= 15 is 0 Å². The summed E-state index contributed by atoms with van der Waals surface area (Å²) in [6.07, 6.45) is 4.58. The van der Waals surface area contributed by atoms with Gasteiger partial charge in [0.25, 0.3) is 0 Å². The van der Waals surface area contributed by atoms with Gasteiger partial charge in [-0.15, -0.1) is 0 Å². The van der Waals surface area contributed by atoms with Crippen LogP contribution >= 0.6 is 0 Å². The number of hydrogen-bond donors (Lipinski definition) is 2. The average molecular weight is 294 g/mol. The van der Waals surface area contributed by atoms with Gasteiger partial charge in [-0.2, -0.15) is 0 Å². The van der Waals surface area contributed by atoms with E-state index in [0.717, 1.165) is 25.8 Å². The Morgan fingerprint density at radius 3 is 2.50 bits per heavy atom. The third kappa shape index (κ3) is 4.60. The molecule has 0 aromatic rings. The van der Waals surface area contributed by atoms with E-state index in [9.17, 15) is 12.6 Å². The molecule has 1 unspecified atom stereocenters. The highest BCUT2D eigenvalue weighted by molar-refractivity contribution is 7.89. The van der Waals surface area contributed by atoms with Crippen molar-refractivity contribution in [3.63, 3.8) is 0 Å². The van der Waals surface area contributed by atoms with Crippen molar-refractivity contribution in [3.8, 4) is 0 Å². The van der Waals surface area contributed by atoms with E-state index in [0.29, 0.717) is 24.3 Å². The molecule has 5 nitrogen and oxygen atoms in total. The van der Waals surface area contributed by atoms with Gasteiger partial charge in [0.1, 0.15) is 0 Å². The average Bonchev–Trinajstić information content (AvgIpc) is 2.32. The van der Waals surface area contributed by atoms with Gasteiger partial charge in [-0.25, -0.2) is 13.1 Å². The summed E-state index contributed by atoms with van der Waals surface area (Å²) in [6.45, 7) is 0.919. The summed E-state index contributed by atoms with van der Waals surface area (Å²) in [5, 5.41) is 3.25.